The Kier molecular flexibility index (Phi) is 6.84. The van der Waals surface area contributed by atoms with Crippen LogP contribution in [0.25, 0.3) is 0 Å². The lowest BCUT2D eigenvalue weighted by Gasteiger charge is -2.45. The Morgan fingerprint density at radius 2 is 1.57 bits per heavy atom. The number of likely N-dealkylation sites (tertiary alicyclic amines) is 1. The molecule has 162 valence electrons. The molecule has 2 aromatic carbocycles. The molecule has 1 amide bonds. The minimum absolute atomic E-state index is 0.107. The summed E-state index contributed by atoms with van der Waals surface area (Å²) in [6, 6.07) is 14.8. The number of amides is 1. The summed E-state index contributed by atoms with van der Waals surface area (Å²) in [5.41, 5.74) is 5.14. The quantitative estimate of drug-likeness (QED) is 0.787. The highest BCUT2D eigenvalue weighted by molar-refractivity contribution is 5.99. The van der Waals surface area contributed by atoms with E-state index >= 15 is 0 Å². The number of hydrogen-bond donors (Lipinski definition) is 1. The summed E-state index contributed by atoms with van der Waals surface area (Å²) in [6.45, 7) is 6.91. The molecule has 0 atom stereocenters. The zero-order valence-electron chi connectivity index (χ0n) is 19.3. The molecule has 5 nitrogen and oxygen atoms in total. The summed E-state index contributed by atoms with van der Waals surface area (Å²) < 4.78 is 0. The van der Waals surface area contributed by atoms with E-state index in [0.717, 1.165) is 55.0 Å². The van der Waals surface area contributed by atoms with Gasteiger partial charge in [-0.15, -0.1) is 0 Å². The van der Waals surface area contributed by atoms with E-state index in [1.54, 1.807) is 0 Å². The lowest BCUT2D eigenvalue weighted by atomic mass is 9.84. The van der Waals surface area contributed by atoms with Gasteiger partial charge < -0.3 is 10.2 Å². The highest BCUT2D eigenvalue weighted by atomic mass is 16.2. The molecule has 0 bridgehead atoms. The lowest BCUT2D eigenvalue weighted by Crippen LogP contribution is -2.59. The van der Waals surface area contributed by atoms with Crippen LogP contribution in [0.5, 0.6) is 0 Å². The van der Waals surface area contributed by atoms with E-state index in [-0.39, 0.29) is 5.91 Å². The predicted molar refractivity (Wildman–Crippen MR) is 126 cm³/mol. The van der Waals surface area contributed by atoms with Crippen molar-refractivity contribution >= 4 is 17.3 Å². The van der Waals surface area contributed by atoms with Crippen molar-refractivity contribution < 1.29 is 4.79 Å². The van der Waals surface area contributed by atoms with Gasteiger partial charge in [-0.25, -0.2) is 0 Å². The van der Waals surface area contributed by atoms with Gasteiger partial charge in [0.05, 0.1) is 0 Å². The summed E-state index contributed by atoms with van der Waals surface area (Å²) >= 11 is 0. The molecule has 1 heterocycles. The third-order valence-electron chi connectivity index (χ3n) is 6.48. The van der Waals surface area contributed by atoms with E-state index < -0.39 is 5.54 Å². The molecule has 0 aliphatic carbocycles. The number of hydrogen-bond acceptors (Lipinski definition) is 4. The van der Waals surface area contributed by atoms with Gasteiger partial charge in [0.1, 0.15) is 5.54 Å². The zero-order chi connectivity index (χ0) is 21.9. The molecule has 0 saturated carbocycles. The maximum Gasteiger partial charge on any atom is 0.244 e. The normalized spacial score (nSPS) is 16.5. The standard InChI is InChI=1S/C25H36N4O/c1-19-16-22(27(3)4)17-20(2)23(19)26-24(30)25(28(5)6)12-14-29(15-13-25)18-21-10-8-7-9-11-21/h7-11,16-17H,12-15,18H2,1-6H3,(H,26,30). The summed E-state index contributed by atoms with van der Waals surface area (Å²) in [4.78, 5) is 20.2. The summed E-state index contributed by atoms with van der Waals surface area (Å²) in [7, 11) is 8.13. The molecule has 0 spiro atoms. The molecule has 0 radical (unpaired) electrons. The van der Waals surface area contributed by atoms with Crippen LogP contribution in [0.3, 0.4) is 0 Å². The molecule has 30 heavy (non-hydrogen) atoms. The number of nitrogens with one attached hydrogen (secondary N) is 1. The molecule has 1 aliphatic rings. The Bertz CT molecular complexity index is 845. The Labute approximate surface area is 181 Å². The fourth-order valence-electron chi connectivity index (χ4n) is 4.43. The highest BCUT2D eigenvalue weighted by Crippen LogP contribution is 2.32. The van der Waals surface area contributed by atoms with E-state index in [4.69, 9.17) is 0 Å². The first-order valence-electron chi connectivity index (χ1n) is 10.8. The molecule has 3 rings (SSSR count). The average Bonchev–Trinajstić information content (AvgIpc) is 2.71. The molecule has 1 saturated heterocycles. The van der Waals surface area contributed by atoms with E-state index in [1.807, 2.05) is 28.2 Å². The van der Waals surface area contributed by atoms with Gasteiger partial charge in [0.2, 0.25) is 5.91 Å². The second-order valence-electron chi connectivity index (χ2n) is 8.99. The molecule has 0 unspecified atom stereocenters. The van der Waals surface area contributed by atoms with Crippen LogP contribution in [0.15, 0.2) is 42.5 Å². The molecular weight excluding hydrogens is 372 g/mol. The highest BCUT2D eigenvalue weighted by Gasteiger charge is 2.43. The van der Waals surface area contributed by atoms with E-state index in [0.29, 0.717) is 0 Å². The third kappa shape index (κ3) is 4.68. The van der Waals surface area contributed by atoms with E-state index in [9.17, 15) is 4.79 Å². The van der Waals surface area contributed by atoms with Gasteiger partial charge in [0, 0.05) is 45.1 Å². The van der Waals surface area contributed by atoms with Crippen LogP contribution in [0, 0.1) is 13.8 Å². The summed E-state index contributed by atoms with van der Waals surface area (Å²) in [6.07, 6.45) is 1.65. The smallest absolute Gasteiger partial charge is 0.244 e. The van der Waals surface area contributed by atoms with Crippen molar-refractivity contribution in [2.45, 2.75) is 38.8 Å². The van der Waals surface area contributed by atoms with Crippen LogP contribution in [0.2, 0.25) is 0 Å². The fraction of sp³-hybridized carbons (Fsp3) is 0.480. The molecule has 1 fully saturated rings. The van der Waals surface area contributed by atoms with Crippen LogP contribution in [-0.4, -0.2) is 62.5 Å². The largest absolute Gasteiger partial charge is 0.378 e. The third-order valence-corrected chi connectivity index (χ3v) is 6.48. The average molecular weight is 409 g/mol. The van der Waals surface area contributed by atoms with Gasteiger partial charge in [-0.2, -0.15) is 0 Å². The molecule has 1 aliphatic heterocycles. The second kappa shape index (κ2) is 9.19. The number of rotatable bonds is 6. The molecular formula is C25H36N4O. The Hall–Kier alpha value is -2.37. The molecule has 0 aromatic heterocycles. The predicted octanol–water partition coefficient (Wildman–Crippen LogP) is 3.90. The number of likely N-dealkylation sites (N-methyl/N-ethyl adjacent to an activating group) is 1. The van der Waals surface area contributed by atoms with Crippen molar-refractivity contribution in [2.24, 2.45) is 0 Å². The maximum atomic E-state index is 13.5. The van der Waals surface area contributed by atoms with E-state index in [2.05, 4.69) is 76.3 Å². The van der Waals surface area contributed by atoms with Crippen LogP contribution in [-0.2, 0) is 11.3 Å². The molecule has 1 N–H and O–H groups in total. The minimum atomic E-state index is -0.480. The van der Waals surface area contributed by atoms with Crippen molar-refractivity contribution in [3.8, 4) is 0 Å². The number of piperidine rings is 1. The number of benzene rings is 2. The van der Waals surface area contributed by atoms with E-state index in [1.165, 1.54) is 5.56 Å². The van der Waals surface area contributed by atoms with Crippen molar-refractivity contribution in [1.82, 2.24) is 9.80 Å². The summed E-state index contributed by atoms with van der Waals surface area (Å²) in [5.74, 6) is 0.107. The first-order valence-corrected chi connectivity index (χ1v) is 10.8. The number of carbonyl (C=O) groups excluding carboxylic acids is 1. The van der Waals surface area contributed by atoms with Gasteiger partial charge in [0.25, 0.3) is 0 Å². The monoisotopic (exact) mass is 408 g/mol. The van der Waals surface area contributed by atoms with Gasteiger partial charge in [-0.1, -0.05) is 30.3 Å². The first-order chi connectivity index (χ1) is 14.2. The second-order valence-corrected chi connectivity index (χ2v) is 8.99. The van der Waals surface area contributed by atoms with Crippen LogP contribution < -0.4 is 10.2 Å². The van der Waals surface area contributed by atoms with Gasteiger partial charge in [0.15, 0.2) is 0 Å². The van der Waals surface area contributed by atoms with Gasteiger partial charge in [-0.3, -0.25) is 14.6 Å². The van der Waals surface area contributed by atoms with Crippen molar-refractivity contribution in [1.29, 1.82) is 0 Å². The molecule has 2 aromatic rings. The minimum Gasteiger partial charge on any atom is -0.378 e. The number of aryl methyl sites for hydroxylation is 2. The van der Waals surface area contributed by atoms with Crippen molar-refractivity contribution in [3.05, 3.63) is 59.2 Å². The topological polar surface area (TPSA) is 38.8 Å². The van der Waals surface area contributed by atoms with Crippen molar-refractivity contribution in [3.63, 3.8) is 0 Å². The number of nitrogens with zero attached hydrogens (tertiary/aromatic N) is 3. The number of carbonyl (C=O) groups is 1. The Morgan fingerprint density at radius 1 is 1.00 bits per heavy atom. The van der Waals surface area contributed by atoms with Crippen LogP contribution in [0.4, 0.5) is 11.4 Å². The molecule has 5 heteroatoms. The first kappa shape index (κ1) is 22.3. The van der Waals surface area contributed by atoms with Gasteiger partial charge >= 0.3 is 0 Å². The SMILES string of the molecule is Cc1cc(N(C)C)cc(C)c1NC(=O)C1(N(C)C)CCN(Cc2ccccc2)CC1. The zero-order valence-corrected chi connectivity index (χ0v) is 19.3. The Balaban J connectivity index is 1.73. The van der Waals surface area contributed by atoms with Crippen LogP contribution in [0.1, 0.15) is 29.5 Å². The Morgan fingerprint density at radius 3 is 2.07 bits per heavy atom. The van der Waals surface area contributed by atoms with Gasteiger partial charge in [-0.05, 0) is 69.6 Å². The number of anilines is 2. The summed E-state index contributed by atoms with van der Waals surface area (Å²) in [5, 5.41) is 3.28. The fourth-order valence-corrected chi connectivity index (χ4v) is 4.43. The maximum absolute atomic E-state index is 13.5. The lowest BCUT2D eigenvalue weighted by molar-refractivity contribution is -0.129. The van der Waals surface area contributed by atoms with Crippen molar-refractivity contribution in [2.75, 3.05) is 51.5 Å². The van der Waals surface area contributed by atoms with Crippen LogP contribution >= 0.6 is 0 Å².